The highest BCUT2D eigenvalue weighted by Crippen LogP contribution is 2.20. The van der Waals surface area contributed by atoms with Crippen LogP contribution in [0.3, 0.4) is 0 Å². The molecule has 0 unspecified atom stereocenters. The number of amides is 1. The van der Waals surface area contributed by atoms with Crippen LogP contribution in [0.2, 0.25) is 0 Å². The number of carbonyl (C=O) groups is 2. The number of nitrogens with zero attached hydrogens (tertiary/aromatic N) is 4. The molecule has 0 aliphatic carbocycles. The molecule has 0 saturated carbocycles. The average Bonchev–Trinajstić information content (AvgIpc) is 3.11. The van der Waals surface area contributed by atoms with E-state index in [9.17, 15) is 9.59 Å². The van der Waals surface area contributed by atoms with Crippen molar-refractivity contribution in [1.82, 2.24) is 25.5 Å². The Kier molecular flexibility index (Phi) is 5.28. The van der Waals surface area contributed by atoms with Gasteiger partial charge in [-0.1, -0.05) is 0 Å². The smallest absolute Gasteiger partial charge is 0.326 e. The minimum Gasteiger partial charge on any atom is -0.480 e. The fourth-order valence-electron chi connectivity index (χ4n) is 1.64. The van der Waals surface area contributed by atoms with Crippen molar-refractivity contribution >= 4 is 35.0 Å². The van der Waals surface area contributed by atoms with Crippen LogP contribution in [0.25, 0.3) is 5.69 Å². The van der Waals surface area contributed by atoms with Crippen molar-refractivity contribution in [2.24, 2.45) is 0 Å². The predicted octanol–water partition coefficient (Wildman–Crippen LogP) is 0.660. The maximum atomic E-state index is 12.2. The first-order valence-corrected chi connectivity index (χ1v) is 8.24. The maximum Gasteiger partial charge on any atom is 0.326 e. The number of carboxylic acid groups (broad SMARTS) is 1. The Balaban J connectivity index is 2.13. The summed E-state index contributed by atoms with van der Waals surface area (Å²) in [5.41, 5.74) is 0.525. The molecule has 0 aliphatic heterocycles. The molecule has 8 nitrogen and oxygen atoms in total. The summed E-state index contributed by atoms with van der Waals surface area (Å²) in [5, 5.41) is 24.2. The first-order chi connectivity index (χ1) is 10.1. The number of hydrogen-bond donors (Lipinski definition) is 2. The standard InChI is InChI=1S/C11H13N5O3S2/c1-20-4-2-7(11(18)19)13-10(17)9-8(3-5-21-9)16-6-12-14-15-16/h3,5-7H,2,4H2,1H3,(H,13,17)(H,18,19)/t7-/m1/s1. The molecule has 0 aromatic carbocycles. The van der Waals surface area contributed by atoms with Crippen molar-refractivity contribution in [3.63, 3.8) is 0 Å². The number of aliphatic carboxylic acids is 1. The Bertz CT molecular complexity index is 613. The van der Waals surface area contributed by atoms with Crippen molar-refractivity contribution in [3.8, 4) is 5.69 Å². The van der Waals surface area contributed by atoms with E-state index in [1.165, 1.54) is 34.1 Å². The number of carboxylic acids is 1. The summed E-state index contributed by atoms with van der Waals surface area (Å²) >= 11 is 2.74. The molecule has 112 valence electrons. The second kappa shape index (κ2) is 7.18. The molecule has 0 spiro atoms. The maximum absolute atomic E-state index is 12.2. The van der Waals surface area contributed by atoms with Crippen molar-refractivity contribution in [1.29, 1.82) is 0 Å². The lowest BCUT2D eigenvalue weighted by molar-refractivity contribution is -0.139. The van der Waals surface area contributed by atoms with E-state index in [0.29, 0.717) is 22.7 Å². The molecular weight excluding hydrogens is 314 g/mol. The van der Waals surface area contributed by atoms with Gasteiger partial charge in [0.25, 0.3) is 5.91 Å². The van der Waals surface area contributed by atoms with Crippen LogP contribution in [0, 0.1) is 0 Å². The molecule has 0 radical (unpaired) electrons. The molecule has 0 fully saturated rings. The molecule has 2 aromatic heterocycles. The van der Waals surface area contributed by atoms with Crippen LogP contribution in [-0.4, -0.2) is 55.2 Å². The van der Waals surface area contributed by atoms with E-state index in [-0.39, 0.29) is 0 Å². The van der Waals surface area contributed by atoms with Crippen LogP contribution in [0.5, 0.6) is 0 Å². The summed E-state index contributed by atoms with van der Waals surface area (Å²) < 4.78 is 1.36. The zero-order valence-electron chi connectivity index (χ0n) is 11.1. The van der Waals surface area contributed by atoms with E-state index in [1.54, 1.807) is 11.4 Å². The number of hydrogen-bond acceptors (Lipinski definition) is 7. The van der Waals surface area contributed by atoms with Gasteiger partial charge in [0, 0.05) is 0 Å². The molecule has 2 N–H and O–H groups in total. The van der Waals surface area contributed by atoms with Crippen LogP contribution in [0.15, 0.2) is 17.8 Å². The van der Waals surface area contributed by atoms with Crippen molar-refractivity contribution in [2.45, 2.75) is 12.5 Å². The molecule has 1 amide bonds. The molecule has 0 bridgehead atoms. The molecule has 2 aromatic rings. The zero-order chi connectivity index (χ0) is 15.2. The van der Waals surface area contributed by atoms with Gasteiger partial charge in [-0.3, -0.25) is 4.79 Å². The minimum absolute atomic E-state index is 0.369. The molecule has 2 heterocycles. The van der Waals surface area contributed by atoms with Gasteiger partial charge in [-0.05, 0) is 40.3 Å². The summed E-state index contributed by atoms with van der Waals surface area (Å²) in [6, 6.07) is 0.793. The van der Waals surface area contributed by atoms with Crippen molar-refractivity contribution in [3.05, 3.63) is 22.7 Å². The second-order valence-electron chi connectivity index (χ2n) is 4.04. The molecule has 10 heteroatoms. The van der Waals surface area contributed by atoms with Gasteiger partial charge < -0.3 is 10.4 Å². The Labute approximate surface area is 128 Å². The van der Waals surface area contributed by atoms with Crippen LogP contribution in [0.4, 0.5) is 0 Å². The highest BCUT2D eigenvalue weighted by molar-refractivity contribution is 7.98. The van der Waals surface area contributed by atoms with Gasteiger partial charge in [-0.25, -0.2) is 4.79 Å². The normalized spacial score (nSPS) is 12.0. The number of aromatic nitrogens is 4. The largest absolute Gasteiger partial charge is 0.480 e. The number of nitrogens with one attached hydrogen (secondary N) is 1. The summed E-state index contributed by atoms with van der Waals surface area (Å²) in [6.45, 7) is 0. The lowest BCUT2D eigenvalue weighted by Crippen LogP contribution is -2.41. The van der Waals surface area contributed by atoms with E-state index in [0.717, 1.165) is 0 Å². The first kappa shape index (κ1) is 15.4. The first-order valence-electron chi connectivity index (χ1n) is 5.97. The summed E-state index contributed by atoms with van der Waals surface area (Å²) in [6.07, 6.45) is 3.63. The van der Waals surface area contributed by atoms with E-state index >= 15 is 0 Å². The van der Waals surface area contributed by atoms with E-state index in [2.05, 4.69) is 20.8 Å². The highest BCUT2D eigenvalue weighted by atomic mass is 32.2. The Morgan fingerprint density at radius 1 is 1.57 bits per heavy atom. The third-order valence-electron chi connectivity index (χ3n) is 2.66. The molecule has 1 atom stereocenters. The lowest BCUT2D eigenvalue weighted by atomic mass is 10.2. The number of tetrazole rings is 1. The van der Waals surface area contributed by atoms with Crippen LogP contribution in [-0.2, 0) is 4.79 Å². The molecule has 0 aliphatic rings. The Morgan fingerprint density at radius 2 is 2.38 bits per heavy atom. The Morgan fingerprint density at radius 3 is 3.00 bits per heavy atom. The number of carbonyl (C=O) groups excluding carboxylic acids is 1. The van der Waals surface area contributed by atoms with Gasteiger partial charge in [0.1, 0.15) is 17.2 Å². The lowest BCUT2D eigenvalue weighted by Gasteiger charge is -2.13. The van der Waals surface area contributed by atoms with Gasteiger partial charge >= 0.3 is 5.97 Å². The fraction of sp³-hybridized carbons (Fsp3) is 0.364. The molecule has 21 heavy (non-hydrogen) atoms. The monoisotopic (exact) mass is 327 g/mol. The van der Waals surface area contributed by atoms with Crippen LogP contribution < -0.4 is 5.32 Å². The van der Waals surface area contributed by atoms with E-state index < -0.39 is 17.9 Å². The van der Waals surface area contributed by atoms with Gasteiger partial charge in [-0.15, -0.1) is 16.4 Å². The third-order valence-corrected chi connectivity index (χ3v) is 4.21. The summed E-state index contributed by atoms with van der Waals surface area (Å²) in [4.78, 5) is 23.8. The van der Waals surface area contributed by atoms with Gasteiger partial charge in [0.05, 0.1) is 5.69 Å². The van der Waals surface area contributed by atoms with Crippen molar-refractivity contribution < 1.29 is 14.7 Å². The molecule has 0 saturated heterocycles. The second-order valence-corrected chi connectivity index (χ2v) is 5.94. The highest BCUT2D eigenvalue weighted by Gasteiger charge is 2.23. The predicted molar refractivity (Wildman–Crippen MR) is 78.9 cm³/mol. The molecule has 2 rings (SSSR count). The van der Waals surface area contributed by atoms with Gasteiger partial charge in [-0.2, -0.15) is 16.4 Å². The quantitative estimate of drug-likeness (QED) is 0.768. The number of thioether (sulfide) groups is 1. The fourth-order valence-corrected chi connectivity index (χ4v) is 2.89. The zero-order valence-corrected chi connectivity index (χ0v) is 12.7. The summed E-state index contributed by atoms with van der Waals surface area (Å²) in [7, 11) is 0. The van der Waals surface area contributed by atoms with Crippen LogP contribution >= 0.6 is 23.1 Å². The van der Waals surface area contributed by atoms with Crippen molar-refractivity contribution in [2.75, 3.05) is 12.0 Å². The van der Waals surface area contributed by atoms with Gasteiger partial charge in [0.15, 0.2) is 0 Å². The topological polar surface area (TPSA) is 110 Å². The van der Waals surface area contributed by atoms with Gasteiger partial charge in [0.2, 0.25) is 0 Å². The van der Waals surface area contributed by atoms with E-state index in [4.69, 9.17) is 5.11 Å². The van der Waals surface area contributed by atoms with Crippen LogP contribution in [0.1, 0.15) is 16.1 Å². The Hall–Kier alpha value is -1.94. The average molecular weight is 327 g/mol. The summed E-state index contributed by atoms with van der Waals surface area (Å²) in [5.74, 6) is -0.830. The minimum atomic E-state index is -1.04. The third kappa shape index (κ3) is 3.79. The van der Waals surface area contributed by atoms with E-state index in [1.807, 2.05) is 6.26 Å². The number of thiophene rings is 1. The SMILES string of the molecule is CSCC[C@@H](NC(=O)c1sccc1-n1cnnn1)C(=O)O. The molecular formula is C11H13N5O3S2. The number of rotatable bonds is 7.